The van der Waals surface area contributed by atoms with E-state index >= 15 is 0 Å². The molecule has 1 aliphatic rings. The molecule has 0 aromatic heterocycles. The molecule has 6 nitrogen and oxygen atoms in total. The third kappa shape index (κ3) is 4.44. The minimum Gasteiger partial charge on any atom is -0.497 e. The number of carbonyl (C=O) groups excluding carboxylic acids is 1. The van der Waals surface area contributed by atoms with Crippen molar-refractivity contribution in [1.29, 1.82) is 0 Å². The Morgan fingerprint density at radius 2 is 1.84 bits per heavy atom. The van der Waals surface area contributed by atoms with E-state index in [0.29, 0.717) is 12.4 Å². The minimum absolute atomic E-state index is 0.0937. The number of hydrogen-bond donors (Lipinski definition) is 2. The van der Waals surface area contributed by atoms with Gasteiger partial charge in [0.05, 0.1) is 25.8 Å². The molecule has 0 aliphatic carbocycles. The molecule has 0 bridgehead atoms. The molecule has 2 aromatic rings. The van der Waals surface area contributed by atoms with Crippen LogP contribution in [0, 0.1) is 6.92 Å². The van der Waals surface area contributed by atoms with Crippen LogP contribution >= 0.6 is 0 Å². The van der Waals surface area contributed by atoms with Crippen LogP contribution in [0.1, 0.15) is 29.2 Å². The Labute approximate surface area is 146 Å². The third-order valence-electron chi connectivity index (χ3n) is 3.92. The van der Waals surface area contributed by atoms with Crippen molar-refractivity contribution in [3.05, 3.63) is 65.2 Å². The van der Waals surface area contributed by atoms with Crippen molar-refractivity contribution < 1.29 is 9.53 Å². The fourth-order valence-electron chi connectivity index (χ4n) is 2.52. The Kier molecular flexibility index (Phi) is 5.09. The van der Waals surface area contributed by atoms with Gasteiger partial charge in [-0.3, -0.25) is 10.1 Å². The minimum atomic E-state index is -0.145. The van der Waals surface area contributed by atoms with Crippen molar-refractivity contribution in [2.24, 2.45) is 10.2 Å². The van der Waals surface area contributed by atoms with E-state index < -0.39 is 0 Å². The van der Waals surface area contributed by atoms with E-state index in [2.05, 4.69) is 20.8 Å². The van der Waals surface area contributed by atoms with Crippen LogP contribution in [-0.4, -0.2) is 25.2 Å². The van der Waals surface area contributed by atoms with Crippen LogP contribution in [0.5, 0.6) is 5.75 Å². The SMILES string of the molecule is COc1ccc(C2CC(=O)NC(=NN=Cc3ccc(C)cc3)N2)cc1. The monoisotopic (exact) mass is 336 g/mol. The lowest BCUT2D eigenvalue weighted by Crippen LogP contribution is -2.49. The molecule has 1 aliphatic heterocycles. The zero-order valence-corrected chi connectivity index (χ0v) is 14.2. The van der Waals surface area contributed by atoms with Gasteiger partial charge in [0, 0.05) is 0 Å². The molecule has 0 radical (unpaired) electrons. The molecule has 1 heterocycles. The lowest BCUT2D eigenvalue weighted by atomic mass is 10.0. The largest absolute Gasteiger partial charge is 0.497 e. The highest BCUT2D eigenvalue weighted by Crippen LogP contribution is 2.21. The van der Waals surface area contributed by atoms with Gasteiger partial charge in [0.15, 0.2) is 0 Å². The van der Waals surface area contributed by atoms with Gasteiger partial charge in [-0.1, -0.05) is 42.0 Å². The van der Waals surface area contributed by atoms with Crippen molar-refractivity contribution in [2.75, 3.05) is 7.11 Å². The summed E-state index contributed by atoms with van der Waals surface area (Å²) in [5.74, 6) is 1.03. The molecule has 25 heavy (non-hydrogen) atoms. The highest BCUT2D eigenvalue weighted by Gasteiger charge is 2.24. The second-order valence-electron chi connectivity index (χ2n) is 5.83. The first-order chi connectivity index (χ1) is 12.1. The third-order valence-corrected chi connectivity index (χ3v) is 3.92. The van der Waals surface area contributed by atoms with Crippen molar-refractivity contribution in [3.8, 4) is 5.75 Å². The number of nitrogens with zero attached hydrogens (tertiary/aromatic N) is 2. The number of amides is 1. The lowest BCUT2D eigenvalue weighted by Gasteiger charge is -2.25. The average Bonchev–Trinajstić information content (AvgIpc) is 2.63. The number of aryl methyl sites for hydroxylation is 1. The maximum absolute atomic E-state index is 11.9. The molecular weight excluding hydrogens is 316 g/mol. The normalized spacial score (nSPS) is 18.9. The molecule has 0 saturated carbocycles. The molecule has 6 heteroatoms. The topological polar surface area (TPSA) is 75.1 Å². The Morgan fingerprint density at radius 3 is 2.52 bits per heavy atom. The van der Waals surface area contributed by atoms with Crippen LogP contribution in [0.4, 0.5) is 0 Å². The maximum Gasteiger partial charge on any atom is 0.229 e. The number of benzene rings is 2. The molecule has 3 rings (SSSR count). The van der Waals surface area contributed by atoms with Gasteiger partial charge in [-0.2, -0.15) is 5.10 Å². The fourth-order valence-corrected chi connectivity index (χ4v) is 2.52. The standard InChI is InChI=1S/C19H20N4O2/c1-13-3-5-14(6-4-13)12-20-23-19-21-17(11-18(24)22-19)15-7-9-16(25-2)10-8-15/h3-10,12,17H,11H2,1-2H3,(H2,21,22,23,24). The zero-order valence-electron chi connectivity index (χ0n) is 14.2. The lowest BCUT2D eigenvalue weighted by molar-refractivity contribution is -0.120. The first-order valence-corrected chi connectivity index (χ1v) is 8.02. The molecule has 1 atom stereocenters. The van der Waals surface area contributed by atoms with E-state index in [0.717, 1.165) is 16.9 Å². The summed E-state index contributed by atoms with van der Waals surface area (Å²) in [6, 6.07) is 15.4. The van der Waals surface area contributed by atoms with E-state index in [1.165, 1.54) is 5.56 Å². The molecule has 2 N–H and O–H groups in total. The molecule has 2 aromatic carbocycles. The van der Waals surface area contributed by atoms with Crippen molar-refractivity contribution in [1.82, 2.24) is 10.6 Å². The maximum atomic E-state index is 11.9. The Hall–Kier alpha value is -3.15. The van der Waals surface area contributed by atoms with Crippen LogP contribution < -0.4 is 15.4 Å². The molecule has 1 amide bonds. The summed E-state index contributed by atoms with van der Waals surface area (Å²) in [5.41, 5.74) is 3.13. The van der Waals surface area contributed by atoms with Crippen molar-refractivity contribution in [3.63, 3.8) is 0 Å². The summed E-state index contributed by atoms with van der Waals surface area (Å²) in [5, 5.41) is 14.0. The number of methoxy groups -OCH3 is 1. The molecule has 1 unspecified atom stereocenters. The van der Waals surface area contributed by atoms with Crippen LogP contribution in [0.15, 0.2) is 58.7 Å². The van der Waals surface area contributed by atoms with Gasteiger partial charge in [-0.25, -0.2) is 0 Å². The summed E-state index contributed by atoms with van der Waals surface area (Å²) < 4.78 is 5.16. The number of hydrogen-bond acceptors (Lipinski definition) is 4. The van der Waals surface area contributed by atoms with E-state index in [1.54, 1.807) is 13.3 Å². The Bertz CT molecular complexity index is 795. The highest BCUT2D eigenvalue weighted by atomic mass is 16.5. The number of ether oxygens (including phenoxy) is 1. The zero-order chi connectivity index (χ0) is 17.6. The molecular formula is C19H20N4O2. The number of carbonyl (C=O) groups is 1. The van der Waals surface area contributed by atoms with Crippen LogP contribution in [0.3, 0.4) is 0 Å². The van der Waals surface area contributed by atoms with Gasteiger partial charge >= 0.3 is 0 Å². The first kappa shape index (κ1) is 16.7. The van der Waals surface area contributed by atoms with Crippen molar-refractivity contribution >= 4 is 18.1 Å². The van der Waals surface area contributed by atoms with Gasteiger partial charge in [0.1, 0.15) is 5.75 Å². The quantitative estimate of drug-likeness (QED) is 0.665. The summed E-state index contributed by atoms with van der Waals surface area (Å²) in [4.78, 5) is 11.9. The Morgan fingerprint density at radius 1 is 1.12 bits per heavy atom. The van der Waals surface area contributed by atoms with Gasteiger partial charge < -0.3 is 10.1 Å². The summed E-state index contributed by atoms with van der Waals surface area (Å²) in [7, 11) is 1.62. The van der Waals surface area contributed by atoms with E-state index in [-0.39, 0.29) is 11.9 Å². The van der Waals surface area contributed by atoms with Gasteiger partial charge in [-0.05, 0) is 30.2 Å². The summed E-state index contributed by atoms with van der Waals surface area (Å²) >= 11 is 0. The molecule has 1 fully saturated rings. The Balaban J connectivity index is 1.70. The van der Waals surface area contributed by atoms with E-state index in [1.807, 2.05) is 55.5 Å². The molecule has 128 valence electrons. The highest BCUT2D eigenvalue weighted by molar-refractivity contribution is 6.00. The van der Waals surface area contributed by atoms with Crippen molar-refractivity contribution in [2.45, 2.75) is 19.4 Å². The number of rotatable bonds is 4. The van der Waals surface area contributed by atoms with Gasteiger partial charge in [-0.15, -0.1) is 5.10 Å². The average molecular weight is 336 g/mol. The molecule has 0 spiro atoms. The fraction of sp³-hybridized carbons (Fsp3) is 0.211. The predicted octanol–water partition coefficient (Wildman–Crippen LogP) is 2.54. The number of guanidine groups is 1. The summed E-state index contributed by atoms with van der Waals surface area (Å²) in [6.07, 6.45) is 1.99. The number of nitrogens with one attached hydrogen (secondary N) is 2. The van der Waals surface area contributed by atoms with Crippen LogP contribution in [0.25, 0.3) is 0 Å². The second kappa shape index (κ2) is 7.61. The van der Waals surface area contributed by atoms with Crippen LogP contribution in [-0.2, 0) is 4.79 Å². The van der Waals surface area contributed by atoms with Crippen LogP contribution in [0.2, 0.25) is 0 Å². The van der Waals surface area contributed by atoms with E-state index in [9.17, 15) is 4.79 Å². The van der Waals surface area contributed by atoms with E-state index in [4.69, 9.17) is 4.74 Å². The summed E-state index contributed by atoms with van der Waals surface area (Å²) in [6.45, 7) is 2.03. The first-order valence-electron chi connectivity index (χ1n) is 8.02. The second-order valence-corrected chi connectivity index (χ2v) is 5.83. The predicted molar refractivity (Wildman–Crippen MR) is 97.8 cm³/mol. The molecule has 1 saturated heterocycles. The van der Waals surface area contributed by atoms with Gasteiger partial charge in [0.25, 0.3) is 0 Å². The smallest absolute Gasteiger partial charge is 0.229 e. The van der Waals surface area contributed by atoms with Gasteiger partial charge in [0.2, 0.25) is 11.9 Å².